The Morgan fingerprint density at radius 1 is 1.67 bits per heavy atom. The Kier molecular flexibility index (Phi) is 6.81. The monoisotopic (exact) mass is 164 g/mol. The van der Waals surface area contributed by atoms with Gasteiger partial charge < -0.3 is 4.55 Å². The van der Waals surface area contributed by atoms with Crippen molar-refractivity contribution >= 4 is 21.0 Å². The third kappa shape index (κ3) is 6.28. The minimum Gasteiger partial charge on any atom is -0.605 e. The van der Waals surface area contributed by atoms with E-state index in [-0.39, 0.29) is 0 Å². The minimum absolute atomic E-state index is 0.690. The van der Waals surface area contributed by atoms with E-state index in [0.29, 0.717) is 0 Å². The lowest BCUT2D eigenvalue weighted by Gasteiger charge is -2.02. The van der Waals surface area contributed by atoms with Crippen molar-refractivity contribution in [3.63, 3.8) is 0 Å². The molecule has 0 aromatic carbocycles. The quantitative estimate of drug-likeness (QED) is 0.470. The molecule has 0 radical (unpaired) electrons. The predicted molar refractivity (Wildman–Crippen MR) is 45.7 cm³/mol. The van der Waals surface area contributed by atoms with Gasteiger partial charge in [0.2, 0.25) is 0 Å². The zero-order valence-corrected chi connectivity index (χ0v) is 7.43. The summed E-state index contributed by atoms with van der Waals surface area (Å²) in [6, 6.07) is 0. The molecular weight excluding hydrogens is 152 g/mol. The van der Waals surface area contributed by atoms with Crippen molar-refractivity contribution in [2.24, 2.45) is 0 Å². The fourth-order valence-electron chi connectivity index (χ4n) is 0.332. The van der Waals surface area contributed by atoms with Crippen LogP contribution in [0.25, 0.3) is 0 Å². The van der Waals surface area contributed by atoms with E-state index in [1.165, 1.54) is 10.8 Å². The van der Waals surface area contributed by atoms with Crippen LogP contribution in [0.4, 0.5) is 0 Å². The molecular formula is C6H12OS2. The number of hydrogen-bond donors (Lipinski definition) is 0. The third-order valence-electron chi connectivity index (χ3n) is 0.670. The fraction of sp³-hybridized carbons (Fsp3) is 0.667. The van der Waals surface area contributed by atoms with Gasteiger partial charge in [-0.3, -0.25) is 0 Å². The van der Waals surface area contributed by atoms with Crippen molar-refractivity contribution in [2.75, 3.05) is 5.75 Å². The van der Waals surface area contributed by atoms with Crippen LogP contribution >= 0.6 is 10.8 Å². The van der Waals surface area contributed by atoms with Gasteiger partial charge in [-0.25, -0.2) is 0 Å². The lowest BCUT2D eigenvalue weighted by molar-refractivity contribution is 0.608. The lowest BCUT2D eigenvalue weighted by Crippen LogP contribution is -1.97. The zero-order chi connectivity index (χ0) is 7.11. The van der Waals surface area contributed by atoms with Crippen LogP contribution in [0.2, 0.25) is 0 Å². The molecule has 0 aromatic rings. The van der Waals surface area contributed by atoms with E-state index in [1.807, 2.05) is 25.3 Å². The van der Waals surface area contributed by atoms with Gasteiger partial charge in [0.25, 0.3) is 0 Å². The van der Waals surface area contributed by atoms with Crippen molar-refractivity contribution in [1.82, 2.24) is 0 Å². The molecule has 0 fully saturated rings. The standard InChI is InChI=1S/C6H12OS2/c1-3-5-8-9(7)6-4-2/h3,5H,4,6H2,1-2H3/b5-3-. The molecule has 3 heteroatoms. The van der Waals surface area contributed by atoms with E-state index in [1.54, 1.807) is 0 Å². The van der Waals surface area contributed by atoms with E-state index < -0.39 is 10.2 Å². The van der Waals surface area contributed by atoms with E-state index in [2.05, 4.69) is 0 Å². The van der Waals surface area contributed by atoms with Crippen LogP contribution < -0.4 is 0 Å². The lowest BCUT2D eigenvalue weighted by atomic mass is 10.6. The molecule has 0 rings (SSSR count). The summed E-state index contributed by atoms with van der Waals surface area (Å²) < 4.78 is 10.8. The number of rotatable bonds is 4. The van der Waals surface area contributed by atoms with E-state index in [0.717, 1.165) is 12.2 Å². The van der Waals surface area contributed by atoms with Crippen LogP contribution in [0.5, 0.6) is 0 Å². The summed E-state index contributed by atoms with van der Waals surface area (Å²) in [6.07, 6.45) is 2.90. The van der Waals surface area contributed by atoms with Gasteiger partial charge in [0, 0.05) is 15.6 Å². The normalized spacial score (nSPS) is 14.6. The Bertz CT molecular complexity index is 83.1. The molecule has 0 aliphatic carbocycles. The molecule has 0 spiro atoms. The molecule has 0 heterocycles. The van der Waals surface area contributed by atoms with Gasteiger partial charge in [-0.1, -0.05) is 13.0 Å². The topological polar surface area (TPSA) is 23.1 Å². The van der Waals surface area contributed by atoms with E-state index >= 15 is 0 Å². The molecule has 0 saturated carbocycles. The SMILES string of the molecule is C/C=C\S[S+]([O-])CCC. The maximum Gasteiger partial charge on any atom is 0.118 e. The summed E-state index contributed by atoms with van der Waals surface area (Å²) in [7, 11) is 0.703. The second-order valence-corrected chi connectivity index (χ2v) is 4.75. The average molecular weight is 164 g/mol. The Morgan fingerprint density at radius 3 is 2.78 bits per heavy atom. The predicted octanol–water partition coefficient (Wildman–Crippen LogP) is 2.33. The summed E-state index contributed by atoms with van der Waals surface area (Å²) in [4.78, 5) is 0. The van der Waals surface area contributed by atoms with Crippen molar-refractivity contribution < 1.29 is 4.55 Å². The highest BCUT2D eigenvalue weighted by Gasteiger charge is 2.00. The summed E-state index contributed by atoms with van der Waals surface area (Å²) in [5.41, 5.74) is 0. The second kappa shape index (κ2) is 6.52. The average Bonchev–Trinajstić information content (AvgIpc) is 1.85. The zero-order valence-electron chi connectivity index (χ0n) is 5.79. The van der Waals surface area contributed by atoms with Crippen molar-refractivity contribution in [2.45, 2.75) is 20.3 Å². The third-order valence-corrected chi connectivity index (χ3v) is 3.49. The molecule has 1 unspecified atom stereocenters. The molecule has 9 heavy (non-hydrogen) atoms. The first-order valence-corrected chi connectivity index (χ1v) is 5.69. The molecule has 0 aromatic heterocycles. The van der Waals surface area contributed by atoms with Crippen LogP contribution in [0.15, 0.2) is 11.5 Å². The molecule has 54 valence electrons. The maximum atomic E-state index is 10.8. The van der Waals surface area contributed by atoms with Crippen LogP contribution in [0, 0.1) is 0 Å². The Morgan fingerprint density at radius 2 is 2.33 bits per heavy atom. The fourth-order valence-corrected chi connectivity index (χ4v) is 2.49. The van der Waals surface area contributed by atoms with Gasteiger partial charge in [0.05, 0.1) is 0 Å². The summed E-state index contributed by atoms with van der Waals surface area (Å²) in [5, 5.41) is 1.87. The van der Waals surface area contributed by atoms with Gasteiger partial charge >= 0.3 is 0 Å². The first kappa shape index (κ1) is 9.40. The van der Waals surface area contributed by atoms with Gasteiger partial charge in [-0.15, -0.1) is 0 Å². The van der Waals surface area contributed by atoms with Crippen molar-refractivity contribution in [1.29, 1.82) is 0 Å². The largest absolute Gasteiger partial charge is 0.605 e. The number of hydrogen-bond acceptors (Lipinski definition) is 2. The molecule has 1 atom stereocenters. The van der Waals surface area contributed by atoms with Crippen molar-refractivity contribution in [3.05, 3.63) is 11.5 Å². The van der Waals surface area contributed by atoms with Crippen LogP contribution in [0.3, 0.4) is 0 Å². The highest BCUT2D eigenvalue weighted by atomic mass is 33.1. The molecule has 0 bridgehead atoms. The van der Waals surface area contributed by atoms with E-state index in [9.17, 15) is 4.55 Å². The molecule has 1 nitrogen and oxygen atoms in total. The minimum atomic E-state index is -0.690. The highest BCUT2D eigenvalue weighted by Crippen LogP contribution is 2.14. The van der Waals surface area contributed by atoms with Gasteiger partial charge in [0.15, 0.2) is 0 Å². The first-order valence-electron chi connectivity index (χ1n) is 2.98. The highest BCUT2D eigenvalue weighted by molar-refractivity contribution is 8.73. The number of allylic oxidation sites excluding steroid dienone is 1. The molecule has 0 aliphatic rings. The van der Waals surface area contributed by atoms with Crippen LogP contribution in [-0.2, 0) is 10.2 Å². The maximum absolute atomic E-state index is 10.8. The summed E-state index contributed by atoms with van der Waals surface area (Å²) in [6.45, 7) is 3.96. The first-order chi connectivity index (χ1) is 4.31. The Balaban J connectivity index is 3.15. The summed E-state index contributed by atoms with van der Waals surface area (Å²) >= 11 is 0. The Labute approximate surface area is 63.5 Å². The summed E-state index contributed by atoms with van der Waals surface area (Å²) in [5.74, 6) is 0.801. The molecule has 0 N–H and O–H groups in total. The van der Waals surface area contributed by atoms with Crippen molar-refractivity contribution in [3.8, 4) is 0 Å². The second-order valence-electron chi connectivity index (χ2n) is 1.57. The smallest absolute Gasteiger partial charge is 0.118 e. The van der Waals surface area contributed by atoms with Crippen LogP contribution in [-0.4, -0.2) is 10.3 Å². The van der Waals surface area contributed by atoms with E-state index in [4.69, 9.17) is 0 Å². The van der Waals surface area contributed by atoms with Crippen LogP contribution in [0.1, 0.15) is 20.3 Å². The Hall–Kier alpha value is 0.400. The molecule has 0 amide bonds. The van der Waals surface area contributed by atoms with Gasteiger partial charge in [0.1, 0.15) is 16.5 Å². The van der Waals surface area contributed by atoms with Gasteiger partial charge in [-0.05, 0) is 13.3 Å². The molecule has 0 saturated heterocycles. The van der Waals surface area contributed by atoms with Gasteiger partial charge in [-0.2, -0.15) is 0 Å². The molecule has 0 aliphatic heterocycles.